The van der Waals surface area contributed by atoms with E-state index in [1.54, 1.807) is 12.1 Å². The van der Waals surface area contributed by atoms with Crippen LogP contribution in [0.15, 0.2) is 42.6 Å². The van der Waals surface area contributed by atoms with Gasteiger partial charge in [-0.1, -0.05) is 18.2 Å². The lowest BCUT2D eigenvalue weighted by Gasteiger charge is -2.11. The van der Waals surface area contributed by atoms with Crippen LogP contribution in [-0.2, 0) is 6.54 Å². The molecule has 0 fully saturated rings. The minimum atomic E-state index is -2.60. The molecule has 2 heterocycles. The van der Waals surface area contributed by atoms with Crippen LogP contribution in [0.4, 0.5) is 20.5 Å². The zero-order valence-corrected chi connectivity index (χ0v) is 14.5. The van der Waals surface area contributed by atoms with E-state index in [0.29, 0.717) is 23.6 Å². The quantitative estimate of drug-likeness (QED) is 0.714. The number of aromatic nitrogens is 3. The lowest BCUT2D eigenvalue weighted by atomic mass is 10.0. The van der Waals surface area contributed by atoms with E-state index in [1.165, 1.54) is 12.3 Å². The van der Waals surface area contributed by atoms with Crippen molar-refractivity contribution < 1.29 is 8.78 Å². The molecule has 0 radical (unpaired) electrons. The lowest BCUT2D eigenvalue weighted by Crippen LogP contribution is -2.06. The number of nitrogens with one attached hydrogen (secondary N) is 1. The van der Waals surface area contributed by atoms with Crippen LogP contribution in [0.25, 0.3) is 11.3 Å². The number of rotatable bonds is 5. The topological polar surface area (TPSA) is 76.7 Å². The summed E-state index contributed by atoms with van der Waals surface area (Å²) in [4.78, 5) is 12.1. The smallest absolute Gasteiger partial charge is 0.280 e. The summed E-state index contributed by atoms with van der Waals surface area (Å²) in [5, 5.41) is 3.11. The predicted octanol–water partition coefficient (Wildman–Crippen LogP) is 4.29. The van der Waals surface area contributed by atoms with Crippen molar-refractivity contribution in [3.05, 3.63) is 65.0 Å². The van der Waals surface area contributed by atoms with Gasteiger partial charge in [-0.2, -0.15) is 4.98 Å². The molecule has 5 nitrogen and oxygen atoms in total. The number of pyridine rings is 1. The van der Waals surface area contributed by atoms with Gasteiger partial charge in [0, 0.05) is 24.4 Å². The molecule has 0 amide bonds. The molecular weight excluding hydrogens is 336 g/mol. The van der Waals surface area contributed by atoms with Crippen LogP contribution in [0, 0.1) is 13.8 Å². The Morgan fingerprint density at radius 2 is 1.92 bits per heavy atom. The maximum atomic E-state index is 12.8. The van der Waals surface area contributed by atoms with Crippen LogP contribution in [-0.4, -0.2) is 15.0 Å². The van der Waals surface area contributed by atoms with Gasteiger partial charge in [-0.05, 0) is 42.7 Å². The molecule has 3 rings (SSSR count). The Hall–Kier alpha value is -3.09. The predicted molar refractivity (Wildman–Crippen MR) is 97.9 cm³/mol. The molecule has 0 aliphatic rings. The molecule has 0 saturated heterocycles. The Bertz CT molecular complexity index is 928. The van der Waals surface area contributed by atoms with Crippen molar-refractivity contribution >= 4 is 11.8 Å². The second-order valence-electron chi connectivity index (χ2n) is 5.99. The highest BCUT2D eigenvalue weighted by molar-refractivity contribution is 5.68. The van der Waals surface area contributed by atoms with E-state index in [-0.39, 0.29) is 11.6 Å². The van der Waals surface area contributed by atoms with E-state index in [0.717, 1.165) is 16.7 Å². The van der Waals surface area contributed by atoms with Crippen molar-refractivity contribution in [3.63, 3.8) is 0 Å². The van der Waals surface area contributed by atoms with Gasteiger partial charge in [0.25, 0.3) is 6.43 Å². The minimum Gasteiger partial charge on any atom is -0.368 e. The fourth-order valence-electron chi connectivity index (χ4n) is 2.64. The molecule has 0 saturated carbocycles. The number of alkyl halides is 2. The number of nitrogen functional groups attached to an aromatic ring is 1. The summed E-state index contributed by atoms with van der Waals surface area (Å²) in [6.07, 6.45) is -1.23. The van der Waals surface area contributed by atoms with Crippen molar-refractivity contribution in [2.24, 2.45) is 0 Å². The molecule has 0 bridgehead atoms. The van der Waals surface area contributed by atoms with Crippen LogP contribution in [0.3, 0.4) is 0 Å². The van der Waals surface area contributed by atoms with Gasteiger partial charge in [-0.25, -0.2) is 13.8 Å². The maximum absolute atomic E-state index is 12.8. The number of halogens is 2. The maximum Gasteiger partial charge on any atom is 0.280 e. The normalized spacial score (nSPS) is 11.0. The molecule has 0 aliphatic carbocycles. The molecule has 2 aromatic heterocycles. The molecule has 134 valence electrons. The van der Waals surface area contributed by atoms with Crippen molar-refractivity contribution in [1.82, 2.24) is 15.0 Å². The van der Waals surface area contributed by atoms with E-state index >= 15 is 0 Å². The Kier molecular flexibility index (Phi) is 5.06. The summed E-state index contributed by atoms with van der Waals surface area (Å²) in [6, 6.07) is 10.8. The first-order valence-electron chi connectivity index (χ1n) is 8.12. The van der Waals surface area contributed by atoms with Gasteiger partial charge >= 0.3 is 0 Å². The number of benzene rings is 1. The number of hydrogen-bond acceptors (Lipinski definition) is 5. The van der Waals surface area contributed by atoms with E-state index < -0.39 is 6.43 Å². The molecule has 0 spiro atoms. The summed E-state index contributed by atoms with van der Waals surface area (Å²) in [7, 11) is 0. The van der Waals surface area contributed by atoms with Gasteiger partial charge < -0.3 is 11.1 Å². The molecule has 0 aliphatic heterocycles. The summed E-state index contributed by atoms with van der Waals surface area (Å²) in [5.74, 6) is 0.678. The van der Waals surface area contributed by atoms with Gasteiger partial charge in [-0.15, -0.1) is 0 Å². The molecule has 7 heteroatoms. The Morgan fingerprint density at radius 1 is 1.12 bits per heavy atom. The molecule has 3 N–H and O–H groups in total. The van der Waals surface area contributed by atoms with E-state index in [1.807, 2.05) is 32.0 Å². The first kappa shape index (κ1) is 17.7. The SMILES string of the molecule is Cc1cccc(-c2cc(NCc3ccnc(C(F)F)c3)nc(N)n2)c1C. The van der Waals surface area contributed by atoms with Crippen LogP contribution >= 0.6 is 0 Å². The Morgan fingerprint density at radius 3 is 2.69 bits per heavy atom. The second kappa shape index (κ2) is 7.43. The molecule has 26 heavy (non-hydrogen) atoms. The standard InChI is InChI=1S/C19H19F2N5/c1-11-4-3-5-14(12(11)2)15-9-17(26-19(22)25-15)24-10-13-6-7-23-16(8-13)18(20)21/h3-9,18H,10H2,1-2H3,(H3,22,24,25,26). The third-order valence-corrected chi connectivity index (χ3v) is 4.17. The lowest BCUT2D eigenvalue weighted by molar-refractivity contribution is 0.146. The fourth-order valence-corrected chi connectivity index (χ4v) is 2.64. The molecule has 1 aromatic carbocycles. The van der Waals surface area contributed by atoms with Crippen molar-refractivity contribution in [2.75, 3.05) is 11.1 Å². The van der Waals surface area contributed by atoms with Gasteiger partial charge in [0.1, 0.15) is 11.5 Å². The highest BCUT2D eigenvalue weighted by Crippen LogP contribution is 2.26. The summed E-state index contributed by atoms with van der Waals surface area (Å²) in [6.45, 7) is 4.39. The second-order valence-corrected chi connectivity index (χ2v) is 5.99. The summed E-state index contributed by atoms with van der Waals surface area (Å²) in [5.41, 5.74) is 10.2. The van der Waals surface area contributed by atoms with Crippen molar-refractivity contribution in [2.45, 2.75) is 26.8 Å². The first-order chi connectivity index (χ1) is 12.4. The molecule has 0 unspecified atom stereocenters. The van der Waals surface area contributed by atoms with Crippen molar-refractivity contribution in [1.29, 1.82) is 0 Å². The number of nitrogens with two attached hydrogens (primary N) is 1. The van der Waals surface area contributed by atoms with E-state index in [9.17, 15) is 8.78 Å². The fraction of sp³-hybridized carbons (Fsp3) is 0.211. The molecule has 3 aromatic rings. The van der Waals surface area contributed by atoms with Crippen LogP contribution in [0.1, 0.15) is 28.8 Å². The van der Waals surface area contributed by atoms with E-state index in [2.05, 4.69) is 20.3 Å². The Labute approximate surface area is 150 Å². The zero-order chi connectivity index (χ0) is 18.7. The monoisotopic (exact) mass is 355 g/mol. The molecular formula is C19H19F2N5. The van der Waals surface area contributed by atoms with Crippen LogP contribution in [0.5, 0.6) is 0 Å². The summed E-state index contributed by atoms with van der Waals surface area (Å²) >= 11 is 0. The van der Waals surface area contributed by atoms with Crippen molar-refractivity contribution in [3.8, 4) is 11.3 Å². The number of anilines is 2. The zero-order valence-electron chi connectivity index (χ0n) is 14.5. The average Bonchev–Trinajstić information content (AvgIpc) is 2.62. The third kappa shape index (κ3) is 3.93. The van der Waals surface area contributed by atoms with Gasteiger partial charge in [0.15, 0.2) is 0 Å². The number of aryl methyl sites for hydroxylation is 1. The van der Waals surface area contributed by atoms with Gasteiger partial charge in [-0.3, -0.25) is 4.98 Å². The highest BCUT2D eigenvalue weighted by Gasteiger charge is 2.11. The van der Waals surface area contributed by atoms with Gasteiger partial charge in [0.05, 0.1) is 5.69 Å². The summed E-state index contributed by atoms with van der Waals surface area (Å²) < 4.78 is 25.5. The highest BCUT2D eigenvalue weighted by atomic mass is 19.3. The third-order valence-electron chi connectivity index (χ3n) is 4.17. The first-order valence-corrected chi connectivity index (χ1v) is 8.12. The largest absolute Gasteiger partial charge is 0.368 e. The van der Waals surface area contributed by atoms with E-state index in [4.69, 9.17) is 5.73 Å². The molecule has 0 atom stereocenters. The Balaban J connectivity index is 1.84. The number of nitrogens with zero attached hydrogens (tertiary/aromatic N) is 3. The minimum absolute atomic E-state index is 0.147. The average molecular weight is 355 g/mol. The van der Waals surface area contributed by atoms with Crippen LogP contribution in [0.2, 0.25) is 0 Å². The van der Waals surface area contributed by atoms with Gasteiger partial charge in [0.2, 0.25) is 5.95 Å². The van der Waals surface area contributed by atoms with Crippen LogP contribution < -0.4 is 11.1 Å². The number of hydrogen-bond donors (Lipinski definition) is 2.